The van der Waals surface area contributed by atoms with Crippen molar-refractivity contribution in [3.63, 3.8) is 0 Å². The van der Waals surface area contributed by atoms with Crippen molar-refractivity contribution in [2.75, 3.05) is 20.3 Å². The third-order valence-corrected chi connectivity index (χ3v) is 3.23. The van der Waals surface area contributed by atoms with E-state index in [-0.39, 0.29) is 11.8 Å². The molecule has 0 aliphatic heterocycles. The van der Waals surface area contributed by atoms with Gasteiger partial charge in [0.25, 0.3) is 0 Å². The summed E-state index contributed by atoms with van der Waals surface area (Å²) in [5.74, 6) is 1.79. The summed E-state index contributed by atoms with van der Waals surface area (Å²) in [7, 11) is 1.65. The van der Waals surface area contributed by atoms with E-state index in [1.54, 1.807) is 13.4 Å². The maximum absolute atomic E-state index is 12.2. The minimum absolute atomic E-state index is 0.210. The molecule has 4 heteroatoms. The van der Waals surface area contributed by atoms with E-state index in [1.165, 1.54) is 0 Å². The van der Waals surface area contributed by atoms with Gasteiger partial charge in [-0.2, -0.15) is 0 Å². The van der Waals surface area contributed by atoms with Gasteiger partial charge in [0.05, 0.1) is 19.4 Å². The molecule has 1 fully saturated rings. The number of amides is 1. The predicted molar refractivity (Wildman–Crippen MR) is 63.3 cm³/mol. The normalized spacial score (nSPS) is 22.5. The lowest BCUT2D eigenvalue weighted by Gasteiger charge is -2.21. The van der Waals surface area contributed by atoms with Gasteiger partial charge in [0.2, 0.25) is 5.91 Å². The van der Waals surface area contributed by atoms with Crippen LogP contribution in [0.3, 0.4) is 0 Å². The number of carbonyl (C=O) groups is 1. The molecule has 17 heavy (non-hydrogen) atoms. The number of hydrogen-bond acceptors (Lipinski definition) is 3. The molecule has 1 heterocycles. The van der Waals surface area contributed by atoms with E-state index < -0.39 is 0 Å². The minimum Gasteiger partial charge on any atom is -0.467 e. The molecule has 2 unspecified atom stereocenters. The highest BCUT2D eigenvalue weighted by atomic mass is 16.5. The average Bonchev–Trinajstić information content (AvgIpc) is 2.84. The first-order valence-corrected chi connectivity index (χ1v) is 6.02. The molecule has 94 valence electrons. The molecule has 2 atom stereocenters. The van der Waals surface area contributed by atoms with Gasteiger partial charge in [-0.25, -0.2) is 0 Å². The van der Waals surface area contributed by atoms with E-state index in [1.807, 2.05) is 17.0 Å². The van der Waals surface area contributed by atoms with E-state index >= 15 is 0 Å². The molecule has 0 bridgehead atoms. The Balaban J connectivity index is 1.95. The Bertz CT molecular complexity index is 361. The van der Waals surface area contributed by atoms with Gasteiger partial charge < -0.3 is 14.1 Å². The van der Waals surface area contributed by atoms with Gasteiger partial charge in [0, 0.05) is 19.6 Å². The predicted octanol–water partition coefficient (Wildman–Crippen LogP) is 1.91. The smallest absolute Gasteiger partial charge is 0.226 e. The lowest BCUT2D eigenvalue weighted by molar-refractivity contribution is -0.134. The Morgan fingerprint density at radius 3 is 2.94 bits per heavy atom. The fourth-order valence-electron chi connectivity index (χ4n) is 1.96. The maximum Gasteiger partial charge on any atom is 0.226 e. The second kappa shape index (κ2) is 5.36. The summed E-state index contributed by atoms with van der Waals surface area (Å²) >= 11 is 0. The van der Waals surface area contributed by atoms with Crippen molar-refractivity contribution in [2.45, 2.75) is 19.9 Å². The van der Waals surface area contributed by atoms with Crippen LogP contribution in [0.5, 0.6) is 0 Å². The molecule has 0 saturated heterocycles. The van der Waals surface area contributed by atoms with E-state index in [0.29, 0.717) is 25.6 Å². The van der Waals surface area contributed by atoms with Gasteiger partial charge >= 0.3 is 0 Å². The highest BCUT2D eigenvalue weighted by Gasteiger charge is 2.41. The molecule has 0 aromatic carbocycles. The fraction of sp³-hybridized carbons (Fsp3) is 0.615. The van der Waals surface area contributed by atoms with Crippen molar-refractivity contribution < 1.29 is 13.9 Å². The number of furan rings is 1. The number of ether oxygens (including phenoxy) is 1. The van der Waals surface area contributed by atoms with Crippen LogP contribution in [0, 0.1) is 11.8 Å². The van der Waals surface area contributed by atoms with E-state index in [2.05, 4.69) is 6.92 Å². The van der Waals surface area contributed by atoms with Crippen LogP contribution in [0.15, 0.2) is 22.8 Å². The van der Waals surface area contributed by atoms with Crippen molar-refractivity contribution in [1.29, 1.82) is 0 Å². The molecule has 0 spiro atoms. The van der Waals surface area contributed by atoms with Crippen molar-refractivity contribution in [2.24, 2.45) is 11.8 Å². The Kier molecular flexibility index (Phi) is 3.84. The number of rotatable bonds is 6. The molecule has 1 amide bonds. The standard InChI is InChI=1S/C13H19NO3/c1-10-8-12(10)13(15)14(5-7-16-2)9-11-4-3-6-17-11/h3-4,6,10,12H,5,7-9H2,1-2H3. The monoisotopic (exact) mass is 237 g/mol. The Morgan fingerprint density at radius 2 is 2.41 bits per heavy atom. The van der Waals surface area contributed by atoms with Gasteiger partial charge in [-0.3, -0.25) is 4.79 Å². The second-order valence-corrected chi connectivity index (χ2v) is 4.65. The Labute approximate surface area is 102 Å². The summed E-state index contributed by atoms with van der Waals surface area (Å²) in [5, 5.41) is 0. The maximum atomic E-state index is 12.2. The topological polar surface area (TPSA) is 42.7 Å². The first-order valence-electron chi connectivity index (χ1n) is 6.02. The lowest BCUT2D eigenvalue weighted by atomic mass is 10.2. The molecule has 1 aliphatic carbocycles. The molecule has 1 aliphatic rings. The second-order valence-electron chi connectivity index (χ2n) is 4.65. The summed E-state index contributed by atoms with van der Waals surface area (Å²) < 4.78 is 10.3. The van der Waals surface area contributed by atoms with E-state index in [0.717, 1.165) is 12.2 Å². The summed E-state index contributed by atoms with van der Waals surface area (Å²) in [4.78, 5) is 14.0. The average molecular weight is 237 g/mol. The van der Waals surface area contributed by atoms with Crippen LogP contribution in [-0.2, 0) is 16.1 Å². The molecule has 0 N–H and O–H groups in total. The molecule has 0 radical (unpaired) electrons. The first kappa shape index (κ1) is 12.2. The summed E-state index contributed by atoms with van der Waals surface area (Å²) in [6.07, 6.45) is 2.65. The lowest BCUT2D eigenvalue weighted by Crippen LogP contribution is -2.34. The van der Waals surface area contributed by atoms with Crippen molar-refractivity contribution in [1.82, 2.24) is 4.90 Å². The molecule has 1 saturated carbocycles. The zero-order valence-corrected chi connectivity index (χ0v) is 10.4. The van der Waals surface area contributed by atoms with E-state index in [9.17, 15) is 4.79 Å². The van der Waals surface area contributed by atoms with Crippen molar-refractivity contribution in [3.8, 4) is 0 Å². The van der Waals surface area contributed by atoms with Crippen LogP contribution in [0.4, 0.5) is 0 Å². The molecule has 1 aromatic rings. The number of nitrogens with zero attached hydrogens (tertiary/aromatic N) is 1. The Hall–Kier alpha value is -1.29. The largest absolute Gasteiger partial charge is 0.467 e. The quantitative estimate of drug-likeness (QED) is 0.759. The molecular weight excluding hydrogens is 218 g/mol. The highest BCUT2D eigenvalue weighted by Crippen LogP contribution is 2.39. The fourth-order valence-corrected chi connectivity index (χ4v) is 1.96. The van der Waals surface area contributed by atoms with Crippen LogP contribution < -0.4 is 0 Å². The van der Waals surface area contributed by atoms with Crippen LogP contribution in [0.2, 0.25) is 0 Å². The SMILES string of the molecule is COCCN(Cc1ccco1)C(=O)C1CC1C. The first-order chi connectivity index (χ1) is 8.22. The summed E-state index contributed by atoms with van der Waals surface area (Å²) in [5.41, 5.74) is 0. The van der Waals surface area contributed by atoms with Crippen LogP contribution >= 0.6 is 0 Å². The zero-order valence-electron chi connectivity index (χ0n) is 10.4. The number of methoxy groups -OCH3 is 1. The molecule has 1 aromatic heterocycles. The number of hydrogen-bond donors (Lipinski definition) is 0. The Morgan fingerprint density at radius 1 is 1.65 bits per heavy atom. The number of carbonyl (C=O) groups excluding carboxylic acids is 1. The third-order valence-electron chi connectivity index (χ3n) is 3.23. The highest BCUT2D eigenvalue weighted by molar-refractivity contribution is 5.81. The van der Waals surface area contributed by atoms with Gasteiger partial charge in [0.15, 0.2) is 0 Å². The van der Waals surface area contributed by atoms with Crippen molar-refractivity contribution in [3.05, 3.63) is 24.2 Å². The zero-order chi connectivity index (χ0) is 12.3. The van der Waals surface area contributed by atoms with E-state index in [4.69, 9.17) is 9.15 Å². The molecular formula is C13H19NO3. The molecule has 2 rings (SSSR count). The van der Waals surface area contributed by atoms with Crippen LogP contribution in [0.25, 0.3) is 0 Å². The van der Waals surface area contributed by atoms with Crippen LogP contribution in [0.1, 0.15) is 19.1 Å². The summed E-state index contributed by atoms with van der Waals surface area (Å²) in [6.45, 7) is 3.84. The van der Waals surface area contributed by atoms with Gasteiger partial charge in [0.1, 0.15) is 5.76 Å². The van der Waals surface area contributed by atoms with Gasteiger partial charge in [-0.05, 0) is 24.5 Å². The van der Waals surface area contributed by atoms with Gasteiger partial charge in [-0.1, -0.05) is 6.92 Å². The summed E-state index contributed by atoms with van der Waals surface area (Å²) in [6, 6.07) is 3.73. The van der Waals surface area contributed by atoms with Crippen LogP contribution in [-0.4, -0.2) is 31.1 Å². The molecule has 4 nitrogen and oxygen atoms in total. The van der Waals surface area contributed by atoms with Crippen molar-refractivity contribution >= 4 is 5.91 Å². The van der Waals surface area contributed by atoms with Gasteiger partial charge in [-0.15, -0.1) is 0 Å². The third kappa shape index (κ3) is 3.09. The minimum atomic E-state index is 0.210.